The number of sulfonamides is 1. The van der Waals surface area contributed by atoms with Crippen LogP contribution in [-0.4, -0.2) is 51.8 Å². The van der Waals surface area contributed by atoms with Gasteiger partial charge in [-0.1, -0.05) is 23.7 Å². The van der Waals surface area contributed by atoms with Gasteiger partial charge in [0.15, 0.2) is 11.5 Å². The first-order valence-electron chi connectivity index (χ1n) is 11.7. The molecule has 1 N–H and O–H groups in total. The SMILES string of the molecule is COc1ccc(S(=O)(=O)N(CC(=O)NCc2ccc(-n3ccnc3)cc2)c2cc(Cl)ccc2OC)cc1OC. The van der Waals surface area contributed by atoms with Crippen molar-refractivity contribution < 1.29 is 27.4 Å². The van der Waals surface area contributed by atoms with Crippen molar-refractivity contribution in [2.75, 3.05) is 32.2 Å². The Morgan fingerprint density at radius 1 is 0.949 bits per heavy atom. The molecule has 0 bridgehead atoms. The van der Waals surface area contributed by atoms with Crippen LogP contribution in [0.1, 0.15) is 5.56 Å². The molecule has 0 radical (unpaired) electrons. The van der Waals surface area contributed by atoms with E-state index in [9.17, 15) is 13.2 Å². The molecule has 0 spiro atoms. The van der Waals surface area contributed by atoms with Crippen LogP contribution in [0.15, 0.2) is 84.3 Å². The zero-order chi connectivity index (χ0) is 28.0. The topological polar surface area (TPSA) is 112 Å². The zero-order valence-corrected chi connectivity index (χ0v) is 23.1. The zero-order valence-electron chi connectivity index (χ0n) is 21.5. The molecule has 0 saturated heterocycles. The van der Waals surface area contributed by atoms with E-state index in [1.165, 1.54) is 51.7 Å². The highest BCUT2D eigenvalue weighted by atomic mass is 35.5. The number of rotatable bonds is 11. The molecule has 0 saturated carbocycles. The number of amides is 1. The lowest BCUT2D eigenvalue weighted by Crippen LogP contribution is -2.40. The summed E-state index contributed by atoms with van der Waals surface area (Å²) in [4.78, 5) is 17.0. The van der Waals surface area contributed by atoms with Crippen molar-refractivity contribution in [2.24, 2.45) is 0 Å². The molecule has 3 aromatic carbocycles. The molecule has 1 aromatic heterocycles. The van der Waals surface area contributed by atoms with Crippen molar-refractivity contribution in [1.82, 2.24) is 14.9 Å². The number of aromatic nitrogens is 2. The maximum absolute atomic E-state index is 13.9. The number of imidazole rings is 1. The number of ether oxygens (including phenoxy) is 3. The third-order valence-corrected chi connectivity index (χ3v) is 7.86. The molecule has 12 heteroatoms. The Kier molecular flexibility index (Phi) is 8.62. The summed E-state index contributed by atoms with van der Waals surface area (Å²) >= 11 is 6.21. The summed E-state index contributed by atoms with van der Waals surface area (Å²) in [6.45, 7) is -0.333. The van der Waals surface area contributed by atoms with E-state index in [-0.39, 0.29) is 33.6 Å². The molecule has 0 aliphatic heterocycles. The summed E-state index contributed by atoms with van der Waals surface area (Å²) in [5, 5.41) is 3.06. The highest BCUT2D eigenvalue weighted by Gasteiger charge is 2.30. The van der Waals surface area contributed by atoms with Gasteiger partial charge in [-0.05, 0) is 48.0 Å². The molecule has 10 nitrogen and oxygen atoms in total. The van der Waals surface area contributed by atoms with Crippen LogP contribution in [0.3, 0.4) is 0 Å². The van der Waals surface area contributed by atoms with Gasteiger partial charge in [-0.2, -0.15) is 0 Å². The van der Waals surface area contributed by atoms with E-state index in [1.54, 1.807) is 18.6 Å². The van der Waals surface area contributed by atoms with Crippen LogP contribution in [0.4, 0.5) is 5.69 Å². The Morgan fingerprint density at radius 2 is 1.64 bits per heavy atom. The van der Waals surface area contributed by atoms with E-state index in [0.717, 1.165) is 15.6 Å². The predicted molar refractivity (Wildman–Crippen MR) is 147 cm³/mol. The summed E-state index contributed by atoms with van der Waals surface area (Å²) in [7, 11) is -0.0226. The minimum atomic E-state index is -4.28. The first kappa shape index (κ1) is 27.8. The van der Waals surface area contributed by atoms with Crippen molar-refractivity contribution in [3.8, 4) is 22.9 Å². The van der Waals surface area contributed by atoms with Gasteiger partial charge in [0.25, 0.3) is 10.0 Å². The third-order valence-electron chi connectivity index (χ3n) is 5.87. The standard InChI is InChI=1S/C27H27ClN4O6S/c1-36-24-10-6-20(28)14-23(24)32(39(34,35)22-9-11-25(37-2)26(15-22)38-3)17-27(33)30-16-19-4-7-21(8-5-19)31-13-12-29-18-31/h4-15,18H,16-17H2,1-3H3,(H,30,33). The van der Waals surface area contributed by atoms with Crippen LogP contribution >= 0.6 is 11.6 Å². The molecule has 0 fully saturated rings. The second-order valence-electron chi connectivity index (χ2n) is 8.26. The van der Waals surface area contributed by atoms with Gasteiger partial charge in [0.2, 0.25) is 5.91 Å². The van der Waals surface area contributed by atoms with E-state index >= 15 is 0 Å². The van der Waals surface area contributed by atoms with Gasteiger partial charge in [0.05, 0.1) is 38.2 Å². The average molecular weight is 571 g/mol. The largest absolute Gasteiger partial charge is 0.495 e. The first-order valence-corrected chi connectivity index (χ1v) is 13.5. The maximum Gasteiger partial charge on any atom is 0.265 e. The van der Waals surface area contributed by atoms with Crippen LogP contribution in [0.5, 0.6) is 17.2 Å². The van der Waals surface area contributed by atoms with Crippen molar-refractivity contribution in [3.63, 3.8) is 0 Å². The number of nitrogens with one attached hydrogen (secondary N) is 1. The van der Waals surface area contributed by atoms with Crippen molar-refractivity contribution >= 4 is 33.2 Å². The normalized spacial score (nSPS) is 11.1. The molecule has 0 unspecified atom stereocenters. The smallest absolute Gasteiger partial charge is 0.265 e. The van der Waals surface area contributed by atoms with Crippen LogP contribution < -0.4 is 23.8 Å². The van der Waals surface area contributed by atoms with Gasteiger partial charge in [0.1, 0.15) is 12.3 Å². The lowest BCUT2D eigenvalue weighted by atomic mass is 10.2. The maximum atomic E-state index is 13.9. The number of hydrogen-bond acceptors (Lipinski definition) is 7. The second kappa shape index (κ2) is 12.1. The number of carbonyl (C=O) groups excluding carboxylic acids is 1. The van der Waals surface area contributed by atoms with E-state index in [2.05, 4.69) is 10.3 Å². The summed E-state index contributed by atoms with van der Waals surface area (Å²) < 4.78 is 46.5. The molecule has 4 aromatic rings. The summed E-state index contributed by atoms with van der Waals surface area (Å²) in [6, 6.07) is 16.3. The lowest BCUT2D eigenvalue weighted by Gasteiger charge is -2.26. The number of carbonyl (C=O) groups is 1. The molecule has 1 amide bonds. The Balaban J connectivity index is 1.61. The van der Waals surface area contributed by atoms with E-state index in [0.29, 0.717) is 5.75 Å². The van der Waals surface area contributed by atoms with E-state index in [4.69, 9.17) is 25.8 Å². The fourth-order valence-electron chi connectivity index (χ4n) is 3.85. The van der Waals surface area contributed by atoms with Crippen molar-refractivity contribution in [2.45, 2.75) is 11.4 Å². The fraction of sp³-hybridized carbons (Fsp3) is 0.185. The molecule has 1 heterocycles. The van der Waals surface area contributed by atoms with Gasteiger partial charge < -0.3 is 24.1 Å². The number of methoxy groups -OCH3 is 3. The quantitative estimate of drug-likeness (QED) is 0.289. The van der Waals surface area contributed by atoms with E-state index < -0.39 is 22.5 Å². The third kappa shape index (κ3) is 6.27. The average Bonchev–Trinajstić information content (AvgIpc) is 3.49. The van der Waals surface area contributed by atoms with Gasteiger partial charge in [-0.3, -0.25) is 9.10 Å². The van der Waals surface area contributed by atoms with Crippen LogP contribution in [0.25, 0.3) is 5.69 Å². The molecule has 204 valence electrons. The molecular weight excluding hydrogens is 544 g/mol. The molecule has 0 aliphatic carbocycles. The van der Waals surface area contributed by atoms with Crippen molar-refractivity contribution in [1.29, 1.82) is 0 Å². The lowest BCUT2D eigenvalue weighted by molar-refractivity contribution is -0.119. The van der Waals surface area contributed by atoms with Gasteiger partial charge in [0, 0.05) is 35.7 Å². The highest BCUT2D eigenvalue weighted by molar-refractivity contribution is 7.92. The Morgan fingerprint density at radius 3 is 2.28 bits per heavy atom. The summed E-state index contributed by atoms with van der Waals surface area (Å²) in [6.07, 6.45) is 5.20. The Hall–Kier alpha value is -4.22. The summed E-state index contributed by atoms with van der Waals surface area (Å²) in [5.74, 6) is 0.284. The van der Waals surface area contributed by atoms with Gasteiger partial charge in [-0.15, -0.1) is 0 Å². The van der Waals surface area contributed by atoms with Crippen LogP contribution in [0.2, 0.25) is 5.02 Å². The number of nitrogens with zero attached hydrogens (tertiary/aromatic N) is 3. The van der Waals surface area contributed by atoms with Gasteiger partial charge in [-0.25, -0.2) is 13.4 Å². The monoisotopic (exact) mass is 570 g/mol. The molecule has 0 aliphatic rings. The Labute approximate surface area is 231 Å². The number of anilines is 1. The number of hydrogen-bond donors (Lipinski definition) is 1. The van der Waals surface area contributed by atoms with Crippen LogP contribution in [0, 0.1) is 0 Å². The fourth-order valence-corrected chi connectivity index (χ4v) is 5.45. The Bertz CT molecular complexity index is 1540. The molecule has 0 atom stereocenters. The second-order valence-corrected chi connectivity index (χ2v) is 10.6. The molecule has 4 rings (SSSR count). The molecular formula is C27H27ClN4O6S. The minimum Gasteiger partial charge on any atom is -0.495 e. The van der Waals surface area contributed by atoms with E-state index in [1.807, 2.05) is 35.0 Å². The number of benzene rings is 3. The van der Waals surface area contributed by atoms with Crippen LogP contribution in [-0.2, 0) is 21.4 Å². The number of halogens is 1. The highest BCUT2D eigenvalue weighted by Crippen LogP contribution is 2.37. The molecule has 39 heavy (non-hydrogen) atoms. The predicted octanol–water partition coefficient (Wildman–Crippen LogP) is 4.06. The van der Waals surface area contributed by atoms with Gasteiger partial charge >= 0.3 is 0 Å². The summed E-state index contributed by atoms with van der Waals surface area (Å²) in [5.41, 5.74) is 1.87. The minimum absolute atomic E-state index is 0.106. The van der Waals surface area contributed by atoms with Crippen molar-refractivity contribution in [3.05, 3.63) is 90.0 Å². The first-order chi connectivity index (χ1) is 18.8.